The fourth-order valence-electron chi connectivity index (χ4n) is 1.32. The maximum absolute atomic E-state index is 8.66. The Hall–Kier alpha value is -1.13. The Balaban J connectivity index is 2.50. The van der Waals surface area contributed by atoms with E-state index in [1.54, 1.807) is 6.20 Å². The van der Waals surface area contributed by atoms with Crippen molar-refractivity contribution in [2.45, 2.75) is 32.9 Å². The Morgan fingerprint density at radius 1 is 1.50 bits per heavy atom. The highest BCUT2D eigenvalue weighted by molar-refractivity contribution is 5.25. The van der Waals surface area contributed by atoms with Gasteiger partial charge in [0.2, 0.25) is 5.88 Å². The first-order valence-corrected chi connectivity index (χ1v) is 5.66. The molecule has 1 heterocycles. The van der Waals surface area contributed by atoms with Crippen molar-refractivity contribution >= 4 is 0 Å². The molecule has 1 aromatic heterocycles. The molecule has 0 spiro atoms. The molecule has 0 aromatic carbocycles. The first-order chi connectivity index (χ1) is 7.74. The topological polar surface area (TPSA) is 54.4 Å². The monoisotopic (exact) mass is 224 g/mol. The van der Waals surface area contributed by atoms with Crippen LogP contribution in [-0.4, -0.2) is 29.3 Å². The molecule has 0 unspecified atom stereocenters. The van der Waals surface area contributed by atoms with Crippen LogP contribution in [0.2, 0.25) is 0 Å². The second-order valence-corrected chi connectivity index (χ2v) is 3.89. The highest BCUT2D eigenvalue weighted by Crippen LogP contribution is 2.15. The lowest BCUT2D eigenvalue weighted by Crippen LogP contribution is -2.17. The van der Waals surface area contributed by atoms with Gasteiger partial charge in [-0.2, -0.15) is 0 Å². The summed E-state index contributed by atoms with van der Waals surface area (Å²) in [7, 11) is 0. The number of rotatable bonds is 7. The second kappa shape index (κ2) is 7.19. The summed E-state index contributed by atoms with van der Waals surface area (Å²) in [5, 5.41) is 11.9. The van der Waals surface area contributed by atoms with Gasteiger partial charge in [0, 0.05) is 24.9 Å². The van der Waals surface area contributed by atoms with E-state index in [4.69, 9.17) is 9.84 Å². The van der Waals surface area contributed by atoms with Gasteiger partial charge >= 0.3 is 0 Å². The van der Waals surface area contributed by atoms with Crippen LogP contribution in [0.3, 0.4) is 0 Å². The van der Waals surface area contributed by atoms with Gasteiger partial charge in [-0.3, -0.25) is 0 Å². The maximum atomic E-state index is 8.66. The number of ether oxygens (including phenoxy) is 1. The molecule has 16 heavy (non-hydrogen) atoms. The lowest BCUT2D eigenvalue weighted by atomic mass is 10.2. The summed E-state index contributed by atoms with van der Waals surface area (Å²) in [6.45, 7) is 5.70. The third kappa shape index (κ3) is 4.59. The average Bonchev–Trinajstić information content (AvgIpc) is 2.26. The quantitative estimate of drug-likeness (QED) is 0.686. The first-order valence-electron chi connectivity index (χ1n) is 5.66. The number of aliphatic hydroxyl groups excluding tert-OH is 1. The van der Waals surface area contributed by atoms with Crippen LogP contribution in [0.1, 0.15) is 25.8 Å². The fourth-order valence-corrected chi connectivity index (χ4v) is 1.32. The third-order valence-electron chi connectivity index (χ3n) is 2.02. The van der Waals surface area contributed by atoms with E-state index in [0.29, 0.717) is 5.88 Å². The average molecular weight is 224 g/mol. The Kier molecular flexibility index (Phi) is 5.82. The Bertz CT molecular complexity index is 303. The summed E-state index contributed by atoms with van der Waals surface area (Å²) < 4.78 is 5.60. The van der Waals surface area contributed by atoms with E-state index in [0.717, 1.165) is 25.1 Å². The number of hydrogen-bond acceptors (Lipinski definition) is 4. The Labute approximate surface area is 96.7 Å². The van der Waals surface area contributed by atoms with Gasteiger partial charge in [0.05, 0.1) is 6.10 Å². The zero-order valence-electron chi connectivity index (χ0n) is 9.94. The molecule has 0 aliphatic heterocycles. The normalized spacial score (nSPS) is 10.8. The molecule has 4 nitrogen and oxygen atoms in total. The highest BCUT2D eigenvalue weighted by atomic mass is 16.5. The predicted octanol–water partition coefficient (Wildman–Crippen LogP) is 1.34. The molecule has 0 aliphatic carbocycles. The minimum atomic E-state index is 0.131. The molecule has 90 valence electrons. The van der Waals surface area contributed by atoms with Crippen LogP contribution < -0.4 is 10.1 Å². The standard InChI is InChI=1S/C12H20N2O2/c1-10(2)16-12-11(5-3-7-14-12)9-13-6-4-8-15/h3,5,7,10,13,15H,4,6,8-9H2,1-2H3. The number of aliphatic hydroxyl groups is 1. The summed E-state index contributed by atoms with van der Waals surface area (Å²) in [6, 6.07) is 3.90. The van der Waals surface area contributed by atoms with Crippen molar-refractivity contribution in [2.24, 2.45) is 0 Å². The van der Waals surface area contributed by atoms with Gasteiger partial charge in [0.1, 0.15) is 0 Å². The predicted molar refractivity (Wildman–Crippen MR) is 63.4 cm³/mol. The zero-order valence-corrected chi connectivity index (χ0v) is 9.94. The molecule has 0 saturated heterocycles. The van der Waals surface area contributed by atoms with Gasteiger partial charge in [-0.05, 0) is 32.9 Å². The Morgan fingerprint density at radius 2 is 2.31 bits per heavy atom. The minimum Gasteiger partial charge on any atom is -0.475 e. The molecule has 0 radical (unpaired) electrons. The smallest absolute Gasteiger partial charge is 0.218 e. The van der Waals surface area contributed by atoms with Crippen molar-refractivity contribution in [1.82, 2.24) is 10.3 Å². The van der Waals surface area contributed by atoms with Gasteiger partial charge in [-0.1, -0.05) is 6.07 Å². The van der Waals surface area contributed by atoms with Gasteiger partial charge < -0.3 is 15.2 Å². The fraction of sp³-hybridized carbons (Fsp3) is 0.583. The van der Waals surface area contributed by atoms with E-state index in [1.807, 2.05) is 26.0 Å². The lowest BCUT2D eigenvalue weighted by molar-refractivity contribution is 0.229. The third-order valence-corrected chi connectivity index (χ3v) is 2.02. The van der Waals surface area contributed by atoms with Crippen LogP contribution in [0, 0.1) is 0 Å². The zero-order chi connectivity index (χ0) is 11.8. The van der Waals surface area contributed by atoms with Crippen molar-refractivity contribution < 1.29 is 9.84 Å². The van der Waals surface area contributed by atoms with E-state index in [1.165, 1.54) is 0 Å². The Morgan fingerprint density at radius 3 is 3.00 bits per heavy atom. The van der Waals surface area contributed by atoms with E-state index < -0.39 is 0 Å². The summed E-state index contributed by atoms with van der Waals surface area (Å²) in [4.78, 5) is 4.21. The minimum absolute atomic E-state index is 0.131. The van der Waals surface area contributed by atoms with Crippen molar-refractivity contribution in [2.75, 3.05) is 13.2 Å². The summed E-state index contributed by atoms with van der Waals surface area (Å²) >= 11 is 0. The molecule has 0 saturated carbocycles. The van der Waals surface area contributed by atoms with Crippen molar-refractivity contribution in [3.63, 3.8) is 0 Å². The van der Waals surface area contributed by atoms with Crippen LogP contribution in [0.15, 0.2) is 18.3 Å². The SMILES string of the molecule is CC(C)Oc1ncccc1CNCCCO. The molecule has 0 amide bonds. The summed E-state index contributed by atoms with van der Waals surface area (Å²) in [6.07, 6.45) is 2.63. The largest absolute Gasteiger partial charge is 0.475 e. The molecular formula is C12H20N2O2. The first kappa shape index (κ1) is 12.9. The van der Waals surface area contributed by atoms with Gasteiger partial charge in [-0.15, -0.1) is 0 Å². The van der Waals surface area contributed by atoms with Gasteiger partial charge in [0.15, 0.2) is 0 Å². The number of hydrogen-bond donors (Lipinski definition) is 2. The number of nitrogens with one attached hydrogen (secondary N) is 1. The van der Waals surface area contributed by atoms with E-state index >= 15 is 0 Å². The van der Waals surface area contributed by atoms with Crippen molar-refractivity contribution in [1.29, 1.82) is 0 Å². The van der Waals surface area contributed by atoms with Gasteiger partial charge in [-0.25, -0.2) is 4.98 Å². The van der Waals surface area contributed by atoms with Crippen LogP contribution in [0.25, 0.3) is 0 Å². The molecule has 1 aromatic rings. The molecular weight excluding hydrogens is 204 g/mol. The highest BCUT2D eigenvalue weighted by Gasteiger charge is 2.05. The molecule has 4 heteroatoms. The van der Waals surface area contributed by atoms with E-state index in [-0.39, 0.29) is 12.7 Å². The van der Waals surface area contributed by atoms with E-state index in [9.17, 15) is 0 Å². The maximum Gasteiger partial charge on any atom is 0.218 e. The molecule has 0 aliphatic rings. The van der Waals surface area contributed by atoms with Crippen LogP contribution in [-0.2, 0) is 6.54 Å². The van der Waals surface area contributed by atoms with E-state index in [2.05, 4.69) is 10.3 Å². The lowest BCUT2D eigenvalue weighted by Gasteiger charge is -2.13. The number of aromatic nitrogens is 1. The number of pyridine rings is 1. The van der Waals surface area contributed by atoms with Crippen molar-refractivity contribution in [3.05, 3.63) is 23.9 Å². The second-order valence-electron chi connectivity index (χ2n) is 3.89. The van der Waals surface area contributed by atoms with Crippen LogP contribution >= 0.6 is 0 Å². The molecule has 0 atom stereocenters. The molecule has 0 fully saturated rings. The molecule has 1 rings (SSSR count). The summed E-state index contributed by atoms with van der Waals surface area (Å²) in [5.41, 5.74) is 1.05. The molecule has 0 bridgehead atoms. The van der Waals surface area contributed by atoms with Gasteiger partial charge in [0.25, 0.3) is 0 Å². The summed E-state index contributed by atoms with van der Waals surface area (Å²) in [5.74, 6) is 0.689. The molecule has 2 N–H and O–H groups in total. The number of nitrogens with zero attached hydrogens (tertiary/aromatic N) is 1. The van der Waals surface area contributed by atoms with Crippen LogP contribution in [0.4, 0.5) is 0 Å². The van der Waals surface area contributed by atoms with Crippen molar-refractivity contribution in [3.8, 4) is 5.88 Å². The van der Waals surface area contributed by atoms with Crippen LogP contribution in [0.5, 0.6) is 5.88 Å².